The molecule has 0 radical (unpaired) electrons. The molecule has 6 nitrogen and oxygen atoms in total. The molecule has 1 aliphatic heterocycles. The summed E-state index contributed by atoms with van der Waals surface area (Å²) in [7, 11) is 0. The third-order valence-corrected chi connectivity index (χ3v) is 3.82. The number of carbonyl (C=O) groups is 2. The average molecular weight is 290 g/mol. The van der Waals surface area contributed by atoms with E-state index in [1.165, 1.54) is 0 Å². The van der Waals surface area contributed by atoms with Gasteiger partial charge in [0, 0.05) is 19.6 Å². The number of amides is 3. The summed E-state index contributed by atoms with van der Waals surface area (Å²) in [6.07, 6.45) is 1.89. The first-order valence-electron chi connectivity index (χ1n) is 7.20. The Morgan fingerprint density at radius 3 is 2.71 bits per heavy atom. The largest absolute Gasteiger partial charge is 0.352 e. The number of nitrogens with two attached hydrogens (primary N) is 2. The minimum atomic E-state index is -0.631. The van der Waals surface area contributed by atoms with Gasteiger partial charge in [0.15, 0.2) is 0 Å². The Kier molecular flexibility index (Phi) is 5.16. The van der Waals surface area contributed by atoms with Gasteiger partial charge in [-0.05, 0) is 24.3 Å². The van der Waals surface area contributed by atoms with Crippen molar-refractivity contribution in [2.24, 2.45) is 17.4 Å². The molecule has 2 atom stereocenters. The zero-order chi connectivity index (χ0) is 15.2. The Morgan fingerprint density at radius 2 is 2.05 bits per heavy atom. The molecule has 1 aromatic carbocycles. The quantitative estimate of drug-likeness (QED) is 0.756. The van der Waals surface area contributed by atoms with Crippen molar-refractivity contribution in [1.82, 2.24) is 10.2 Å². The molecule has 1 heterocycles. The summed E-state index contributed by atoms with van der Waals surface area (Å²) < 4.78 is 0. The number of benzene rings is 1. The summed E-state index contributed by atoms with van der Waals surface area (Å²) in [6.45, 7) is 1.83. The summed E-state index contributed by atoms with van der Waals surface area (Å²) >= 11 is 0. The lowest BCUT2D eigenvalue weighted by atomic mass is 9.96. The Balaban J connectivity index is 1.94. The molecule has 21 heavy (non-hydrogen) atoms. The van der Waals surface area contributed by atoms with Gasteiger partial charge in [-0.25, -0.2) is 4.79 Å². The highest BCUT2D eigenvalue weighted by atomic mass is 16.2. The normalized spacial score (nSPS) is 19.9. The van der Waals surface area contributed by atoms with E-state index in [9.17, 15) is 9.59 Å². The maximum atomic E-state index is 12.5. The predicted octanol–water partition coefficient (Wildman–Crippen LogP) is 0.593. The summed E-state index contributed by atoms with van der Waals surface area (Å²) in [5.41, 5.74) is 12.0. The van der Waals surface area contributed by atoms with Crippen LogP contribution in [0.3, 0.4) is 0 Å². The third-order valence-electron chi connectivity index (χ3n) is 3.82. The van der Waals surface area contributed by atoms with Gasteiger partial charge in [-0.15, -0.1) is 0 Å². The smallest absolute Gasteiger partial charge is 0.312 e. The maximum absolute atomic E-state index is 12.5. The fraction of sp³-hybridized carbons (Fsp3) is 0.467. The van der Waals surface area contributed by atoms with Gasteiger partial charge in [0.05, 0.1) is 0 Å². The van der Waals surface area contributed by atoms with Gasteiger partial charge < -0.3 is 21.7 Å². The molecular weight excluding hydrogens is 268 g/mol. The maximum Gasteiger partial charge on any atom is 0.312 e. The van der Waals surface area contributed by atoms with E-state index in [1.807, 2.05) is 30.3 Å². The van der Waals surface area contributed by atoms with E-state index in [4.69, 9.17) is 11.5 Å². The number of nitrogens with zero attached hydrogens (tertiary/aromatic N) is 1. The van der Waals surface area contributed by atoms with E-state index in [1.54, 1.807) is 4.90 Å². The van der Waals surface area contributed by atoms with Crippen LogP contribution >= 0.6 is 0 Å². The monoisotopic (exact) mass is 290 g/mol. The van der Waals surface area contributed by atoms with Crippen LogP contribution in [0, 0.1) is 5.92 Å². The molecule has 1 aliphatic rings. The van der Waals surface area contributed by atoms with Crippen LogP contribution in [-0.2, 0) is 4.79 Å². The van der Waals surface area contributed by atoms with Crippen LogP contribution in [0.25, 0.3) is 0 Å². The number of primary amides is 1. The number of hydrogen-bond donors (Lipinski definition) is 3. The number of urea groups is 1. The Bertz CT molecular complexity index is 492. The van der Waals surface area contributed by atoms with E-state index in [-0.39, 0.29) is 11.8 Å². The number of hydrogen-bond acceptors (Lipinski definition) is 3. The van der Waals surface area contributed by atoms with Gasteiger partial charge in [-0.2, -0.15) is 0 Å². The zero-order valence-corrected chi connectivity index (χ0v) is 12.0. The second-order valence-electron chi connectivity index (χ2n) is 5.43. The van der Waals surface area contributed by atoms with Gasteiger partial charge in [0.25, 0.3) is 0 Å². The number of likely N-dealkylation sites (tertiary alicyclic amines) is 1. The first kappa shape index (κ1) is 15.3. The van der Waals surface area contributed by atoms with E-state index in [0.717, 1.165) is 18.4 Å². The van der Waals surface area contributed by atoms with Crippen molar-refractivity contribution in [2.75, 3.05) is 19.6 Å². The van der Waals surface area contributed by atoms with Crippen LogP contribution in [0.4, 0.5) is 4.79 Å². The highest BCUT2D eigenvalue weighted by Gasteiger charge is 2.27. The van der Waals surface area contributed by atoms with Crippen LogP contribution in [0.5, 0.6) is 0 Å². The minimum absolute atomic E-state index is 0.0648. The molecule has 5 N–H and O–H groups in total. The van der Waals surface area contributed by atoms with Crippen LogP contribution in [0.1, 0.15) is 24.4 Å². The van der Waals surface area contributed by atoms with E-state index < -0.39 is 12.1 Å². The molecule has 6 heteroatoms. The SMILES string of the molecule is NC(=O)NCC1CCCN(C(=O)[C@@H](N)c2ccccc2)C1. The van der Waals surface area contributed by atoms with Crippen molar-refractivity contribution in [3.05, 3.63) is 35.9 Å². The lowest BCUT2D eigenvalue weighted by molar-refractivity contribution is -0.134. The van der Waals surface area contributed by atoms with Gasteiger partial charge in [0.1, 0.15) is 6.04 Å². The molecule has 3 amide bonds. The minimum Gasteiger partial charge on any atom is -0.352 e. The molecular formula is C15H22N4O2. The molecule has 0 spiro atoms. The summed E-state index contributed by atoms with van der Waals surface area (Å²) in [4.78, 5) is 25.0. The summed E-state index contributed by atoms with van der Waals surface area (Å²) in [5.74, 6) is 0.170. The fourth-order valence-electron chi connectivity index (χ4n) is 2.68. The molecule has 0 saturated carbocycles. The van der Waals surface area contributed by atoms with Crippen LogP contribution in [-0.4, -0.2) is 36.5 Å². The van der Waals surface area contributed by atoms with Gasteiger partial charge in [-0.1, -0.05) is 30.3 Å². The second-order valence-corrected chi connectivity index (χ2v) is 5.43. The van der Waals surface area contributed by atoms with Crippen molar-refractivity contribution < 1.29 is 9.59 Å². The van der Waals surface area contributed by atoms with E-state index in [2.05, 4.69) is 5.32 Å². The third kappa shape index (κ3) is 4.19. The highest BCUT2D eigenvalue weighted by molar-refractivity contribution is 5.83. The van der Waals surface area contributed by atoms with Crippen molar-refractivity contribution >= 4 is 11.9 Å². The molecule has 114 valence electrons. The Morgan fingerprint density at radius 1 is 1.33 bits per heavy atom. The van der Waals surface area contributed by atoms with Crippen molar-refractivity contribution in [2.45, 2.75) is 18.9 Å². The van der Waals surface area contributed by atoms with Crippen molar-refractivity contribution in [3.8, 4) is 0 Å². The molecule has 1 unspecified atom stereocenters. The molecule has 2 rings (SSSR count). The second kappa shape index (κ2) is 7.08. The van der Waals surface area contributed by atoms with Gasteiger partial charge in [-0.3, -0.25) is 4.79 Å². The highest BCUT2D eigenvalue weighted by Crippen LogP contribution is 2.20. The Labute approximate surface area is 124 Å². The lowest BCUT2D eigenvalue weighted by Gasteiger charge is -2.34. The number of piperidine rings is 1. The number of nitrogens with one attached hydrogen (secondary N) is 1. The van der Waals surface area contributed by atoms with Crippen molar-refractivity contribution in [1.29, 1.82) is 0 Å². The van der Waals surface area contributed by atoms with Gasteiger partial charge in [0.2, 0.25) is 5.91 Å². The first-order valence-corrected chi connectivity index (χ1v) is 7.20. The molecule has 0 aliphatic carbocycles. The van der Waals surface area contributed by atoms with Crippen molar-refractivity contribution in [3.63, 3.8) is 0 Å². The summed E-state index contributed by atoms with van der Waals surface area (Å²) in [6, 6.07) is 8.20. The van der Waals surface area contributed by atoms with Crippen LogP contribution in [0.2, 0.25) is 0 Å². The zero-order valence-electron chi connectivity index (χ0n) is 12.0. The Hall–Kier alpha value is -2.08. The average Bonchev–Trinajstić information content (AvgIpc) is 2.52. The van der Waals surface area contributed by atoms with E-state index >= 15 is 0 Å². The molecule has 1 fully saturated rings. The van der Waals surface area contributed by atoms with Crippen LogP contribution < -0.4 is 16.8 Å². The predicted molar refractivity (Wildman–Crippen MR) is 80.3 cm³/mol. The number of rotatable bonds is 4. The lowest BCUT2D eigenvalue weighted by Crippen LogP contribution is -2.47. The first-order chi connectivity index (χ1) is 10.1. The van der Waals surface area contributed by atoms with Crippen LogP contribution in [0.15, 0.2) is 30.3 Å². The molecule has 1 saturated heterocycles. The number of carbonyl (C=O) groups excluding carboxylic acids is 2. The topological polar surface area (TPSA) is 101 Å². The fourth-order valence-corrected chi connectivity index (χ4v) is 2.68. The molecule has 0 bridgehead atoms. The van der Waals surface area contributed by atoms with Gasteiger partial charge >= 0.3 is 6.03 Å². The summed E-state index contributed by atoms with van der Waals surface area (Å²) in [5, 5.41) is 2.61. The van der Waals surface area contributed by atoms with E-state index in [0.29, 0.717) is 19.6 Å². The standard InChI is InChI=1S/C15H22N4O2/c16-13(12-6-2-1-3-7-12)14(20)19-8-4-5-11(10-19)9-18-15(17)21/h1-3,6-7,11,13H,4-5,8-10,16H2,(H3,17,18,21)/t11?,13-/m0/s1. The molecule has 0 aromatic heterocycles. The molecule has 1 aromatic rings.